The van der Waals surface area contributed by atoms with Crippen molar-refractivity contribution in [3.8, 4) is 0 Å². The van der Waals surface area contributed by atoms with Crippen molar-refractivity contribution in [3.05, 3.63) is 40.0 Å². The maximum absolute atomic E-state index is 15.6. The summed E-state index contributed by atoms with van der Waals surface area (Å²) < 4.78 is 87.6. The molecular weight excluding hydrogens is 495 g/mol. The second-order valence-corrected chi connectivity index (χ2v) is 8.81. The molecule has 0 amide bonds. The molecule has 1 saturated heterocycles. The van der Waals surface area contributed by atoms with Gasteiger partial charge in [0.2, 0.25) is 5.76 Å². The Morgan fingerprint density at radius 3 is 2.44 bits per heavy atom. The lowest BCUT2D eigenvalue weighted by atomic mass is 9.81. The number of nitrogens with zero attached hydrogens (tertiary/aromatic N) is 4. The maximum Gasteiger partial charge on any atom is 0.416 e. The molecule has 1 saturated carbocycles. The van der Waals surface area contributed by atoms with Crippen molar-refractivity contribution in [2.24, 2.45) is 11.0 Å². The Labute approximate surface area is 201 Å². The van der Waals surface area contributed by atoms with Gasteiger partial charge in [-0.25, -0.2) is 13.6 Å². The quantitative estimate of drug-likeness (QED) is 0.203. The van der Waals surface area contributed by atoms with Crippen LogP contribution < -0.4 is 4.90 Å². The molecule has 36 heavy (non-hydrogen) atoms. The fourth-order valence-corrected chi connectivity index (χ4v) is 4.85. The molecule has 4 rings (SSSR count). The molecule has 0 atom stereocenters. The standard InChI is InChI=1S/C22H23F5N4O5/c23-21(24,13-3-5-20(6-4-13)34-9-10-35-20)12-31(8-7-29-30-28)17-15-11-14(22(25,26)27)1-2-16(15)36-18(17)19(32)33/h1-2,11,13H,3-10,12H2,(H,32,33). The van der Waals surface area contributed by atoms with E-state index in [4.69, 9.17) is 19.4 Å². The van der Waals surface area contributed by atoms with Crippen LogP contribution in [0.1, 0.15) is 41.8 Å². The average molecular weight is 518 g/mol. The zero-order valence-electron chi connectivity index (χ0n) is 18.9. The SMILES string of the molecule is [N-]=[N+]=NCCN(CC(F)(F)C1CCC2(CC1)OCCO2)c1c(C(=O)O)oc2ccc(C(F)(F)F)cc12. The summed E-state index contributed by atoms with van der Waals surface area (Å²) in [6.07, 6.45) is -4.08. The third-order valence-electron chi connectivity index (χ3n) is 6.59. The van der Waals surface area contributed by atoms with Crippen LogP contribution in [-0.4, -0.2) is 55.6 Å². The number of azide groups is 1. The van der Waals surface area contributed by atoms with Gasteiger partial charge in [0, 0.05) is 42.1 Å². The highest BCUT2D eigenvalue weighted by atomic mass is 19.4. The number of benzene rings is 1. The van der Waals surface area contributed by atoms with Crippen molar-refractivity contribution in [1.82, 2.24) is 0 Å². The zero-order valence-corrected chi connectivity index (χ0v) is 18.9. The Balaban J connectivity index is 1.69. The smallest absolute Gasteiger partial charge is 0.416 e. The van der Waals surface area contributed by atoms with Gasteiger partial charge >= 0.3 is 12.1 Å². The Morgan fingerprint density at radius 1 is 1.19 bits per heavy atom. The van der Waals surface area contributed by atoms with E-state index in [1.807, 2.05) is 0 Å². The van der Waals surface area contributed by atoms with Crippen molar-refractivity contribution in [2.75, 3.05) is 37.7 Å². The first-order chi connectivity index (χ1) is 17.0. The van der Waals surface area contributed by atoms with E-state index in [2.05, 4.69) is 10.0 Å². The molecule has 2 aromatic rings. The summed E-state index contributed by atoms with van der Waals surface area (Å²) in [7, 11) is 0. The van der Waals surface area contributed by atoms with Gasteiger partial charge in [0.1, 0.15) is 5.58 Å². The Kier molecular flexibility index (Phi) is 7.04. The first-order valence-corrected chi connectivity index (χ1v) is 11.2. The van der Waals surface area contributed by atoms with Crippen LogP contribution in [0.4, 0.5) is 27.6 Å². The van der Waals surface area contributed by atoms with E-state index in [-0.39, 0.29) is 49.7 Å². The monoisotopic (exact) mass is 518 g/mol. The number of alkyl halides is 5. The van der Waals surface area contributed by atoms with Gasteiger partial charge < -0.3 is 23.9 Å². The highest BCUT2D eigenvalue weighted by molar-refractivity contribution is 6.04. The molecule has 1 aromatic carbocycles. The third kappa shape index (κ3) is 5.20. The van der Waals surface area contributed by atoms with Gasteiger partial charge in [-0.2, -0.15) is 13.2 Å². The van der Waals surface area contributed by atoms with Crippen molar-refractivity contribution in [1.29, 1.82) is 0 Å². The van der Waals surface area contributed by atoms with E-state index in [9.17, 15) is 23.1 Å². The molecule has 1 aliphatic heterocycles. The molecule has 1 aromatic heterocycles. The first kappa shape index (κ1) is 26.0. The number of carboxylic acids is 1. The van der Waals surface area contributed by atoms with Crippen LogP contribution in [0.2, 0.25) is 0 Å². The third-order valence-corrected chi connectivity index (χ3v) is 6.59. The number of anilines is 1. The number of aromatic carboxylic acids is 1. The van der Waals surface area contributed by atoms with E-state index >= 15 is 8.78 Å². The van der Waals surface area contributed by atoms with E-state index in [1.165, 1.54) is 0 Å². The molecule has 1 aliphatic carbocycles. The van der Waals surface area contributed by atoms with Crippen molar-refractivity contribution in [3.63, 3.8) is 0 Å². The average Bonchev–Trinajstić information content (AvgIpc) is 3.42. The van der Waals surface area contributed by atoms with Crippen LogP contribution in [0.15, 0.2) is 27.7 Å². The molecule has 9 nitrogen and oxygen atoms in total. The molecule has 196 valence electrons. The predicted octanol–water partition coefficient (Wildman–Crippen LogP) is 5.84. The number of carboxylic acid groups (broad SMARTS) is 1. The van der Waals surface area contributed by atoms with Gasteiger partial charge in [0.25, 0.3) is 5.92 Å². The molecule has 0 unspecified atom stereocenters. The molecule has 2 fully saturated rings. The number of hydrogen-bond donors (Lipinski definition) is 1. The number of furan rings is 1. The summed E-state index contributed by atoms with van der Waals surface area (Å²) in [6.45, 7) is -0.932. The molecule has 14 heteroatoms. The lowest BCUT2D eigenvalue weighted by Gasteiger charge is -2.40. The fraction of sp³-hybridized carbons (Fsp3) is 0.591. The molecule has 2 aliphatic rings. The number of halogens is 5. The minimum atomic E-state index is -4.76. The maximum atomic E-state index is 15.6. The van der Waals surface area contributed by atoms with Crippen molar-refractivity contribution >= 4 is 22.6 Å². The van der Waals surface area contributed by atoms with E-state index in [0.29, 0.717) is 25.3 Å². The van der Waals surface area contributed by atoms with Crippen LogP contribution in [0.3, 0.4) is 0 Å². The van der Waals surface area contributed by atoms with Gasteiger partial charge in [-0.3, -0.25) is 0 Å². The Bertz CT molecular complexity index is 1160. The van der Waals surface area contributed by atoms with Crippen LogP contribution in [0.5, 0.6) is 0 Å². The largest absolute Gasteiger partial charge is 0.475 e. The molecule has 0 bridgehead atoms. The summed E-state index contributed by atoms with van der Waals surface area (Å²) in [5.74, 6) is -7.75. The lowest BCUT2D eigenvalue weighted by molar-refractivity contribution is -0.197. The summed E-state index contributed by atoms with van der Waals surface area (Å²) in [4.78, 5) is 15.4. The Morgan fingerprint density at radius 2 is 1.86 bits per heavy atom. The minimum absolute atomic E-state index is 0.0767. The van der Waals surface area contributed by atoms with E-state index in [1.54, 1.807) is 0 Å². The number of hydrogen-bond acceptors (Lipinski definition) is 6. The van der Waals surface area contributed by atoms with Crippen LogP contribution >= 0.6 is 0 Å². The highest BCUT2D eigenvalue weighted by Crippen LogP contribution is 2.45. The van der Waals surface area contributed by atoms with Gasteiger partial charge in [0.15, 0.2) is 5.79 Å². The minimum Gasteiger partial charge on any atom is -0.475 e. The van der Waals surface area contributed by atoms with Gasteiger partial charge in [-0.05, 0) is 36.6 Å². The first-order valence-electron chi connectivity index (χ1n) is 11.2. The fourth-order valence-electron chi connectivity index (χ4n) is 4.85. The summed E-state index contributed by atoms with van der Waals surface area (Å²) in [6, 6.07) is 2.32. The predicted molar refractivity (Wildman–Crippen MR) is 116 cm³/mol. The number of fused-ring (bicyclic) bond motifs is 1. The summed E-state index contributed by atoms with van der Waals surface area (Å²) in [5.41, 5.74) is 6.89. The van der Waals surface area contributed by atoms with Gasteiger partial charge in [-0.15, -0.1) is 0 Å². The molecular formula is C22H23F5N4O5. The lowest BCUT2D eigenvalue weighted by Crippen LogP contribution is -2.47. The van der Waals surface area contributed by atoms with Crippen LogP contribution in [0.25, 0.3) is 21.4 Å². The highest BCUT2D eigenvalue weighted by Gasteiger charge is 2.49. The normalized spacial score (nSPS) is 18.5. The molecule has 2 heterocycles. The molecule has 1 N–H and O–H groups in total. The Hall–Kier alpha value is -3.09. The van der Waals surface area contributed by atoms with Crippen LogP contribution in [-0.2, 0) is 15.7 Å². The number of rotatable bonds is 8. The second kappa shape index (κ2) is 9.75. The van der Waals surface area contributed by atoms with Crippen molar-refractivity contribution in [2.45, 2.75) is 43.6 Å². The van der Waals surface area contributed by atoms with Crippen molar-refractivity contribution < 1.29 is 45.7 Å². The van der Waals surface area contributed by atoms with Gasteiger partial charge in [-0.1, -0.05) is 5.11 Å². The second-order valence-electron chi connectivity index (χ2n) is 8.81. The zero-order chi connectivity index (χ0) is 26.1. The number of carbonyl (C=O) groups is 1. The van der Waals surface area contributed by atoms with E-state index < -0.39 is 53.3 Å². The molecule has 0 radical (unpaired) electrons. The topological polar surface area (TPSA) is 121 Å². The summed E-state index contributed by atoms with van der Waals surface area (Å²) in [5, 5.41) is 12.7. The number of ether oxygens (including phenoxy) is 2. The van der Waals surface area contributed by atoms with E-state index in [0.717, 1.165) is 11.0 Å². The van der Waals surface area contributed by atoms with Crippen LogP contribution in [0, 0.1) is 5.92 Å². The molecule has 1 spiro atoms. The van der Waals surface area contributed by atoms with Gasteiger partial charge in [0.05, 0.1) is 31.0 Å². The summed E-state index contributed by atoms with van der Waals surface area (Å²) >= 11 is 0.